The van der Waals surface area contributed by atoms with Gasteiger partial charge < -0.3 is 15.5 Å². The Hall–Kier alpha value is -1.39. The molecule has 0 fully saturated rings. The molecule has 1 rings (SSSR count). The van der Waals surface area contributed by atoms with Crippen molar-refractivity contribution < 1.29 is 15.0 Å². The van der Waals surface area contributed by atoms with Gasteiger partial charge in [0.05, 0.1) is 6.10 Å². The Morgan fingerprint density at radius 1 is 1.26 bits per heavy atom. The van der Waals surface area contributed by atoms with E-state index in [9.17, 15) is 9.90 Å². The van der Waals surface area contributed by atoms with Gasteiger partial charge in [0.15, 0.2) is 0 Å². The summed E-state index contributed by atoms with van der Waals surface area (Å²) in [6, 6.07) is 7.16. The van der Waals surface area contributed by atoms with Crippen molar-refractivity contribution in [3.8, 4) is 0 Å². The van der Waals surface area contributed by atoms with E-state index in [1.807, 2.05) is 31.2 Å². The fourth-order valence-electron chi connectivity index (χ4n) is 1.95. The van der Waals surface area contributed by atoms with E-state index in [0.29, 0.717) is 6.42 Å². The maximum absolute atomic E-state index is 11.0. The molecular weight excluding hydrogens is 242 g/mol. The zero-order chi connectivity index (χ0) is 14.3. The first kappa shape index (κ1) is 15.7. The molecule has 2 unspecified atom stereocenters. The van der Waals surface area contributed by atoms with Gasteiger partial charge in [-0.05, 0) is 24.0 Å². The Morgan fingerprint density at radius 3 is 2.37 bits per heavy atom. The predicted octanol–water partition coefficient (Wildman–Crippen LogP) is 2.13. The lowest BCUT2D eigenvalue weighted by atomic mass is 10.1. The molecule has 0 bridgehead atoms. The van der Waals surface area contributed by atoms with Crippen molar-refractivity contribution >= 4 is 5.97 Å². The second kappa shape index (κ2) is 7.92. The van der Waals surface area contributed by atoms with Crippen molar-refractivity contribution in [2.75, 3.05) is 6.54 Å². The van der Waals surface area contributed by atoms with E-state index in [1.165, 1.54) is 5.56 Å². The molecule has 4 heteroatoms. The van der Waals surface area contributed by atoms with E-state index >= 15 is 0 Å². The largest absolute Gasteiger partial charge is 0.480 e. The highest BCUT2D eigenvalue weighted by Gasteiger charge is 2.17. The SMILES string of the molecule is CCCC(NCC(O)c1ccc(CC)cc1)C(=O)O. The number of benzene rings is 1. The second-order valence-electron chi connectivity index (χ2n) is 4.70. The predicted molar refractivity (Wildman–Crippen MR) is 75.1 cm³/mol. The summed E-state index contributed by atoms with van der Waals surface area (Å²) in [5, 5.41) is 21.9. The molecular formula is C15H23NO3. The number of aliphatic hydroxyl groups excluding tert-OH is 1. The zero-order valence-electron chi connectivity index (χ0n) is 11.6. The van der Waals surface area contributed by atoms with Crippen molar-refractivity contribution in [3.63, 3.8) is 0 Å². The van der Waals surface area contributed by atoms with E-state index in [4.69, 9.17) is 5.11 Å². The first-order valence-electron chi connectivity index (χ1n) is 6.81. The number of aryl methyl sites for hydroxylation is 1. The summed E-state index contributed by atoms with van der Waals surface area (Å²) in [5.74, 6) is -0.865. The van der Waals surface area contributed by atoms with Gasteiger partial charge >= 0.3 is 5.97 Å². The highest BCUT2D eigenvalue weighted by molar-refractivity contribution is 5.73. The fraction of sp³-hybridized carbons (Fsp3) is 0.533. The maximum atomic E-state index is 11.0. The molecule has 0 amide bonds. The van der Waals surface area contributed by atoms with E-state index in [-0.39, 0.29) is 6.54 Å². The molecule has 1 aromatic carbocycles. The molecule has 0 radical (unpaired) electrons. The van der Waals surface area contributed by atoms with Crippen LogP contribution in [0.3, 0.4) is 0 Å². The van der Waals surface area contributed by atoms with Crippen molar-refractivity contribution in [2.45, 2.75) is 45.3 Å². The minimum atomic E-state index is -0.865. The van der Waals surface area contributed by atoms with E-state index in [0.717, 1.165) is 18.4 Å². The number of hydrogen-bond acceptors (Lipinski definition) is 3. The van der Waals surface area contributed by atoms with Crippen LogP contribution in [0.2, 0.25) is 0 Å². The van der Waals surface area contributed by atoms with Crippen molar-refractivity contribution in [3.05, 3.63) is 35.4 Å². The van der Waals surface area contributed by atoms with Gasteiger partial charge in [-0.15, -0.1) is 0 Å². The van der Waals surface area contributed by atoms with Crippen LogP contribution in [-0.4, -0.2) is 28.8 Å². The number of nitrogens with one attached hydrogen (secondary N) is 1. The van der Waals surface area contributed by atoms with E-state index in [1.54, 1.807) is 0 Å². The first-order valence-corrected chi connectivity index (χ1v) is 6.81. The monoisotopic (exact) mass is 265 g/mol. The summed E-state index contributed by atoms with van der Waals surface area (Å²) < 4.78 is 0. The van der Waals surface area contributed by atoms with Crippen LogP contribution in [0.15, 0.2) is 24.3 Å². The number of aliphatic hydroxyl groups is 1. The summed E-state index contributed by atoms with van der Waals surface area (Å²) in [7, 11) is 0. The molecule has 2 atom stereocenters. The number of aliphatic carboxylic acids is 1. The third kappa shape index (κ3) is 5.01. The van der Waals surface area contributed by atoms with Crippen LogP contribution in [0.1, 0.15) is 43.9 Å². The molecule has 3 N–H and O–H groups in total. The second-order valence-corrected chi connectivity index (χ2v) is 4.70. The Balaban J connectivity index is 2.53. The lowest BCUT2D eigenvalue weighted by Gasteiger charge is -2.17. The van der Waals surface area contributed by atoms with Gasteiger partial charge in [0.25, 0.3) is 0 Å². The standard InChI is InChI=1S/C15H23NO3/c1-3-5-13(15(18)19)16-10-14(17)12-8-6-11(4-2)7-9-12/h6-9,13-14,16-17H,3-5,10H2,1-2H3,(H,18,19). The summed E-state index contributed by atoms with van der Waals surface area (Å²) in [5.41, 5.74) is 2.03. The molecule has 0 heterocycles. The summed E-state index contributed by atoms with van der Waals surface area (Å²) in [6.07, 6.45) is 1.65. The number of carboxylic acid groups (broad SMARTS) is 1. The number of rotatable bonds is 8. The molecule has 4 nitrogen and oxygen atoms in total. The summed E-state index contributed by atoms with van der Waals surface area (Å²) in [6.45, 7) is 4.27. The van der Waals surface area contributed by atoms with Crippen LogP contribution in [0.4, 0.5) is 0 Å². The van der Waals surface area contributed by atoms with Gasteiger partial charge in [-0.3, -0.25) is 4.79 Å². The molecule has 0 saturated heterocycles. The van der Waals surface area contributed by atoms with Crippen LogP contribution in [-0.2, 0) is 11.2 Å². The maximum Gasteiger partial charge on any atom is 0.320 e. The van der Waals surface area contributed by atoms with E-state index in [2.05, 4.69) is 12.2 Å². The Kier molecular flexibility index (Phi) is 6.53. The average Bonchev–Trinajstić information content (AvgIpc) is 2.42. The number of carbonyl (C=O) groups is 1. The quantitative estimate of drug-likeness (QED) is 0.673. The third-order valence-electron chi connectivity index (χ3n) is 3.21. The highest BCUT2D eigenvalue weighted by atomic mass is 16.4. The number of carboxylic acids is 1. The van der Waals surface area contributed by atoms with Gasteiger partial charge in [0.2, 0.25) is 0 Å². The Morgan fingerprint density at radius 2 is 1.89 bits per heavy atom. The van der Waals surface area contributed by atoms with Gasteiger partial charge in [-0.1, -0.05) is 44.5 Å². The van der Waals surface area contributed by atoms with Crippen LogP contribution in [0.25, 0.3) is 0 Å². The smallest absolute Gasteiger partial charge is 0.320 e. The average molecular weight is 265 g/mol. The lowest BCUT2D eigenvalue weighted by Crippen LogP contribution is -2.38. The van der Waals surface area contributed by atoms with Gasteiger partial charge in [0, 0.05) is 6.54 Å². The molecule has 1 aromatic rings. The van der Waals surface area contributed by atoms with Gasteiger partial charge in [-0.2, -0.15) is 0 Å². The molecule has 106 valence electrons. The van der Waals surface area contributed by atoms with Crippen LogP contribution < -0.4 is 5.32 Å². The minimum Gasteiger partial charge on any atom is -0.480 e. The topological polar surface area (TPSA) is 69.6 Å². The summed E-state index contributed by atoms with van der Waals surface area (Å²) >= 11 is 0. The van der Waals surface area contributed by atoms with Crippen molar-refractivity contribution in [1.29, 1.82) is 0 Å². The highest BCUT2D eigenvalue weighted by Crippen LogP contribution is 2.14. The lowest BCUT2D eigenvalue weighted by molar-refractivity contribution is -0.139. The van der Waals surface area contributed by atoms with Crippen molar-refractivity contribution in [1.82, 2.24) is 5.32 Å². The summed E-state index contributed by atoms with van der Waals surface area (Å²) in [4.78, 5) is 11.0. The third-order valence-corrected chi connectivity index (χ3v) is 3.21. The molecule has 0 aromatic heterocycles. The van der Waals surface area contributed by atoms with Crippen LogP contribution in [0, 0.1) is 0 Å². The Bertz CT molecular complexity index is 389. The van der Waals surface area contributed by atoms with Crippen molar-refractivity contribution in [2.24, 2.45) is 0 Å². The molecule has 0 saturated carbocycles. The molecule has 0 aliphatic heterocycles. The zero-order valence-corrected chi connectivity index (χ0v) is 11.6. The normalized spacial score (nSPS) is 14.1. The molecule has 0 aliphatic rings. The van der Waals surface area contributed by atoms with Crippen LogP contribution in [0.5, 0.6) is 0 Å². The molecule has 0 aliphatic carbocycles. The Labute approximate surface area is 114 Å². The van der Waals surface area contributed by atoms with E-state index < -0.39 is 18.1 Å². The molecule has 19 heavy (non-hydrogen) atoms. The fourth-order valence-corrected chi connectivity index (χ4v) is 1.95. The minimum absolute atomic E-state index is 0.252. The first-order chi connectivity index (χ1) is 9.08. The van der Waals surface area contributed by atoms with Gasteiger partial charge in [-0.25, -0.2) is 0 Å². The van der Waals surface area contributed by atoms with Crippen LogP contribution >= 0.6 is 0 Å². The number of hydrogen-bond donors (Lipinski definition) is 3. The van der Waals surface area contributed by atoms with Gasteiger partial charge in [0.1, 0.15) is 6.04 Å². The molecule has 0 spiro atoms.